The number of anilines is 2. The first kappa shape index (κ1) is 12.8. The van der Waals surface area contributed by atoms with E-state index in [1.165, 1.54) is 12.3 Å². The molecule has 0 radical (unpaired) electrons. The number of carboxylic acids is 1. The minimum Gasteiger partial charge on any atom is -0.478 e. The van der Waals surface area contributed by atoms with Crippen LogP contribution in [0.4, 0.5) is 11.5 Å². The van der Waals surface area contributed by atoms with Crippen molar-refractivity contribution in [2.24, 2.45) is 0 Å². The first-order chi connectivity index (χ1) is 9.08. The summed E-state index contributed by atoms with van der Waals surface area (Å²) in [5, 5.41) is 12.0. The number of aryl methyl sites for hydroxylation is 1. The molecule has 0 fully saturated rings. The number of nitrogen functional groups attached to an aromatic ring is 1. The lowest BCUT2D eigenvalue weighted by atomic mass is 10.2. The summed E-state index contributed by atoms with van der Waals surface area (Å²) >= 11 is 0. The zero-order valence-corrected chi connectivity index (χ0v) is 10.4. The molecule has 2 heterocycles. The molecule has 0 spiro atoms. The fourth-order valence-electron chi connectivity index (χ4n) is 1.67. The number of rotatable bonds is 4. The summed E-state index contributed by atoms with van der Waals surface area (Å²) in [5.41, 5.74) is 7.67. The Balaban J connectivity index is 2.16. The summed E-state index contributed by atoms with van der Waals surface area (Å²) in [5.74, 6) is -0.722. The molecule has 98 valence electrons. The van der Waals surface area contributed by atoms with E-state index < -0.39 is 5.97 Å². The predicted octanol–water partition coefficient (Wildman–Crippen LogP) is 1.68. The molecule has 6 heteroatoms. The molecule has 0 aliphatic heterocycles. The quantitative estimate of drug-likeness (QED) is 0.771. The number of pyridine rings is 2. The van der Waals surface area contributed by atoms with Crippen LogP contribution >= 0.6 is 0 Å². The molecular formula is C13H14N4O2. The van der Waals surface area contributed by atoms with Crippen molar-refractivity contribution in [1.82, 2.24) is 9.97 Å². The molecule has 0 aromatic carbocycles. The normalized spacial score (nSPS) is 10.2. The van der Waals surface area contributed by atoms with Crippen molar-refractivity contribution in [3.63, 3.8) is 0 Å². The summed E-state index contributed by atoms with van der Waals surface area (Å²) in [7, 11) is 0. The Labute approximate surface area is 110 Å². The maximum absolute atomic E-state index is 10.9. The molecule has 6 nitrogen and oxygen atoms in total. The molecule has 0 amide bonds. The van der Waals surface area contributed by atoms with Crippen molar-refractivity contribution in [3.05, 3.63) is 47.4 Å². The summed E-state index contributed by atoms with van der Waals surface area (Å²) in [4.78, 5) is 19.3. The first-order valence-corrected chi connectivity index (χ1v) is 5.72. The number of nitrogens with zero attached hydrogens (tertiary/aromatic N) is 2. The fourth-order valence-corrected chi connectivity index (χ4v) is 1.67. The van der Waals surface area contributed by atoms with Gasteiger partial charge in [0, 0.05) is 11.9 Å². The predicted molar refractivity (Wildman–Crippen MR) is 71.9 cm³/mol. The highest BCUT2D eigenvalue weighted by molar-refractivity contribution is 5.96. The maximum Gasteiger partial charge on any atom is 0.337 e. The van der Waals surface area contributed by atoms with Crippen LogP contribution in [0.25, 0.3) is 0 Å². The molecule has 0 saturated carbocycles. The van der Waals surface area contributed by atoms with E-state index in [0.29, 0.717) is 12.4 Å². The molecule has 0 aliphatic carbocycles. The topological polar surface area (TPSA) is 101 Å². The Morgan fingerprint density at radius 2 is 2.21 bits per heavy atom. The van der Waals surface area contributed by atoms with Crippen LogP contribution in [0.5, 0.6) is 0 Å². The smallest absolute Gasteiger partial charge is 0.337 e. The van der Waals surface area contributed by atoms with E-state index in [-0.39, 0.29) is 11.3 Å². The fraction of sp³-hybridized carbons (Fsp3) is 0.154. The van der Waals surface area contributed by atoms with Crippen molar-refractivity contribution in [1.29, 1.82) is 0 Å². The number of nitrogens with one attached hydrogen (secondary N) is 1. The molecule has 4 N–H and O–H groups in total. The molecular weight excluding hydrogens is 244 g/mol. The molecule has 2 aromatic rings. The van der Waals surface area contributed by atoms with Crippen LogP contribution in [0.2, 0.25) is 0 Å². The van der Waals surface area contributed by atoms with E-state index in [1.54, 1.807) is 0 Å². The summed E-state index contributed by atoms with van der Waals surface area (Å²) in [6, 6.07) is 7.05. The van der Waals surface area contributed by atoms with Gasteiger partial charge in [-0.3, -0.25) is 4.98 Å². The lowest BCUT2D eigenvalue weighted by molar-refractivity contribution is 0.0698. The van der Waals surface area contributed by atoms with E-state index in [1.807, 2.05) is 25.1 Å². The van der Waals surface area contributed by atoms with Crippen LogP contribution in [0.1, 0.15) is 21.7 Å². The lowest BCUT2D eigenvalue weighted by Crippen LogP contribution is -2.10. The van der Waals surface area contributed by atoms with Crippen molar-refractivity contribution in [2.75, 3.05) is 11.1 Å². The van der Waals surface area contributed by atoms with Crippen LogP contribution in [-0.2, 0) is 6.54 Å². The molecule has 0 saturated heterocycles. The van der Waals surface area contributed by atoms with Crippen LogP contribution in [-0.4, -0.2) is 21.0 Å². The Bertz CT molecular complexity index is 613. The van der Waals surface area contributed by atoms with Crippen LogP contribution in [0.3, 0.4) is 0 Å². The highest BCUT2D eigenvalue weighted by Gasteiger charge is 2.11. The van der Waals surface area contributed by atoms with Gasteiger partial charge in [0.1, 0.15) is 5.82 Å². The van der Waals surface area contributed by atoms with Gasteiger partial charge in [-0.25, -0.2) is 9.78 Å². The Morgan fingerprint density at radius 1 is 1.42 bits per heavy atom. The number of carboxylic acid groups (broad SMARTS) is 1. The minimum atomic E-state index is -1.07. The summed E-state index contributed by atoms with van der Waals surface area (Å²) in [6.07, 6.45) is 1.41. The third kappa shape index (κ3) is 2.98. The van der Waals surface area contributed by atoms with Gasteiger partial charge in [0.2, 0.25) is 0 Å². The Hall–Kier alpha value is -2.63. The van der Waals surface area contributed by atoms with Gasteiger partial charge in [0.05, 0.1) is 23.5 Å². The molecule has 2 aromatic heterocycles. The van der Waals surface area contributed by atoms with Gasteiger partial charge in [-0.1, -0.05) is 6.07 Å². The van der Waals surface area contributed by atoms with Gasteiger partial charge in [0.15, 0.2) is 0 Å². The number of carbonyl (C=O) groups is 1. The summed E-state index contributed by atoms with van der Waals surface area (Å²) in [6.45, 7) is 2.34. The van der Waals surface area contributed by atoms with E-state index >= 15 is 0 Å². The Morgan fingerprint density at radius 3 is 2.89 bits per heavy atom. The van der Waals surface area contributed by atoms with Crippen molar-refractivity contribution < 1.29 is 9.90 Å². The van der Waals surface area contributed by atoms with Crippen molar-refractivity contribution in [3.8, 4) is 0 Å². The standard InChI is InChI=1S/C13H14N4O2/c1-8-3-2-4-9(17-8)7-16-12-11(14)10(13(18)19)5-6-15-12/h2-6H,7,14H2,1H3,(H,15,16)(H,18,19). The zero-order valence-electron chi connectivity index (χ0n) is 10.4. The van der Waals surface area contributed by atoms with Gasteiger partial charge in [-0.05, 0) is 25.1 Å². The third-order valence-electron chi connectivity index (χ3n) is 2.60. The van der Waals surface area contributed by atoms with Gasteiger partial charge < -0.3 is 16.2 Å². The number of hydrogen-bond acceptors (Lipinski definition) is 5. The lowest BCUT2D eigenvalue weighted by Gasteiger charge is -2.09. The van der Waals surface area contributed by atoms with Gasteiger partial charge >= 0.3 is 5.97 Å². The minimum absolute atomic E-state index is 0.0368. The highest BCUT2D eigenvalue weighted by Crippen LogP contribution is 2.20. The van der Waals surface area contributed by atoms with Gasteiger partial charge in [0.25, 0.3) is 0 Å². The van der Waals surface area contributed by atoms with Crippen LogP contribution in [0, 0.1) is 6.92 Å². The second kappa shape index (κ2) is 5.34. The summed E-state index contributed by atoms with van der Waals surface area (Å²) < 4.78 is 0. The molecule has 0 aliphatic rings. The number of aromatic nitrogens is 2. The highest BCUT2D eigenvalue weighted by atomic mass is 16.4. The van der Waals surface area contributed by atoms with E-state index in [9.17, 15) is 4.79 Å². The molecule has 0 unspecified atom stereocenters. The van der Waals surface area contributed by atoms with Gasteiger partial charge in [-0.15, -0.1) is 0 Å². The molecule has 0 atom stereocenters. The maximum atomic E-state index is 10.9. The number of nitrogens with two attached hydrogens (primary N) is 1. The SMILES string of the molecule is Cc1cccc(CNc2nccc(C(=O)O)c2N)n1. The van der Waals surface area contributed by atoms with Crippen LogP contribution < -0.4 is 11.1 Å². The second-order valence-electron chi connectivity index (χ2n) is 4.05. The second-order valence-corrected chi connectivity index (χ2v) is 4.05. The Kier molecular flexibility index (Phi) is 3.61. The van der Waals surface area contributed by atoms with Crippen molar-refractivity contribution >= 4 is 17.5 Å². The average Bonchev–Trinajstić information content (AvgIpc) is 2.37. The van der Waals surface area contributed by atoms with Crippen molar-refractivity contribution in [2.45, 2.75) is 13.5 Å². The first-order valence-electron chi connectivity index (χ1n) is 5.72. The number of hydrogen-bond donors (Lipinski definition) is 3. The largest absolute Gasteiger partial charge is 0.478 e. The molecule has 0 bridgehead atoms. The number of aromatic carboxylic acids is 1. The van der Waals surface area contributed by atoms with E-state index in [4.69, 9.17) is 10.8 Å². The van der Waals surface area contributed by atoms with E-state index in [0.717, 1.165) is 11.4 Å². The van der Waals surface area contributed by atoms with E-state index in [2.05, 4.69) is 15.3 Å². The third-order valence-corrected chi connectivity index (χ3v) is 2.60. The average molecular weight is 258 g/mol. The zero-order chi connectivity index (χ0) is 13.8. The monoisotopic (exact) mass is 258 g/mol. The van der Waals surface area contributed by atoms with Gasteiger partial charge in [-0.2, -0.15) is 0 Å². The molecule has 2 rings (SSSR count). The molecule has 19 heavy (non-hydrogen) atoms. The van der Waals surface area contributed by atoms with Crippen LogP contribution in [0.15, 0.2) is 30.5 Å².